The largest absolute Gasteiger partial charge is 0.450 e. The number of halogens is 1. The summed E-state index contributed by atoms with van der Waals surface area (Å²) in [6.07, 6.45) is 0.808. The van der Waals surface area contributed by atoms with Crippen LogP contribution in [-0.2, 0) is 9.59 Å². The predicted octanol–water partition coefficient (Wildman–Crippen LogP) is 4.74. The Morgan fingerprint density at radius 3 is 2.50 bits per heavy atom. The van der Waals surface area contributed by atoms with Crippen molar-refractivity contribution in [3.8, 4) is 11.5 Å². The number of ether oxygens (including phenoxy) is 1. The van der Waals surface area contributed by atoms with Gasteiger partial charge in [0.25, 0.3) is 5.69 Å². The van der Waals surface area contributed by atoms with Gasteiger partial charge in [-0.05, 0) is 48.4 Å². The number of carbonyl (C=O) groups is 2. The van der Waals surface area contributed by atoms with Gasteiger partial charge in [0.1, 0.15) is 12.2 Å². The summed E-state index contributed by atoms with van der Waals surface area (Å²) in [5.74, 6) is -1.20. The number of non-ortho nitro benzene ring substituents is 1. The summed E-state index contributed by atoms with van der Waals surface area (Å²) in [5, 5.41) is 29.0. The second-order valence-electron chi connectivity index (χ2n) is 7.32. The van der Waals surface area contributed by atoms with Crippen LogP contribution in [0, 0.1) is 27.2 Å². The van der Waals surface area contributed by atoms with E-state index in [4.69, 9.17) is 16.3 Å². The van der Waals surface area contributed by atoms with E-state index in [0.29, 0.717) is 16.3 Å². The Morgan fingerprint density at radius 1 is 1.03 bits per heavy atom. The molecule has 13 heteroatoms. The highest BCUT2D eigenvalue weighted by Gasteiger charge is 2.21. The second-order valence-corrected chi connectivity index (χ2v) is 7.73. The molecule has 0 atom stereocenters. The molecular weight excluding hydrogens is 494 g/mol. The average Bonchev–Trinajstić information content (AvgIpc) is 2.81. The topological polar surface area (TPSA) is 166 Å². The molecule has 0 radical (unpaired) electrons. The maximum absolute atomic E-state index is 12.0. The zero-order valence-corrected chi connectivity index (χ0v) is 19.4. The van der Waals surface area contributed by atoms with Gasteiger partial charge in [0.15, 0.2) is 0 Å². The zero-order valence-electron chi connectivity index (χ0n) is 18.6. The SMILES string of the molecule is Cc1ccc(NC(=O)CC(=O)NN=Cc2cccc(Oc3ccc([N+](=O)[O-])cc3[N+](=O)[O-])c2)cc1Cl. The van der Waals surface area contributed by atoms with E-state index >= 15 is 0 Å². The number of nitrogens with one attached hydrogen (secondary N) is 2. The molecule has 3 rings (SSSR count). The summed E-state index contributed by atoms with van der Waals surface area (Å²) in [6, 6.07) is 14.2. The Labute approximate surface area is 208 Å². The van der Waals surface area contributed by atoms with Crippen LogP contribution in [0.5, 0.6) is 11.5 Å². The van der Waals surface area contributed by atoms with Crippen LogP contribution in [0.2, 0.25) is 5.02 Å². The Bertz CT molecular complexity index is 1380. The van der Waals surface area contributed by atoms with Crippen molar-refractivity contribution >= 4 is 46.7 Å². The number of nitro groups is 2. The van der Waals surface area contributed by atoms with Gasteiger partial charge in [-0.2, -0.15) is 5.10 Å². The third-order valence-corrected chi connectivity index (χ3v) is 5.02. The van der Waals surface area contributed by atoms with Crippen LogP contribution in [0.25, 0.3) is 0 Å². The first kappa shape index (κ1) is 25.8. The van der Waals surface area contributed by atoms with Crippen molar-refractivity contribution in [2.75, 3.05) is 5.32 Å². The van der Waals surface area contributed by atoms with Crippen molar-refractivity contribution in [3.63, 3.8) is 0 Å². The second kappa shape index (κ2) is 11.5. The Morgan fingerprint density at radius 2 is 1.81 bits per heavy atom. The highest BCUT2D eigenvalue weighted by Crippen LogP contribution is 2.34. The summed E-state index contributed by atoms with van der Waals surface area (Å²) >= 11 is 6.01. The molecule has 0 fully saturated rings. The molecule has 0 spiro atoms. The van der Waals surface area contributed by atoms with Gasteiger partial charge in [-0.15, -0.1) is 0 Å². The summed E-state index contributed by atoms with van der Waals surface area (Å²) in [4.78, 5) is 44.6. The number of aryl methyl sites for hydroxylation is 1. The first-order valence-corrected chi connectivity index (χ1v) is 10.6. The standard InChI is InChI=1S/C23H18ClN5O7/c1-14-5-6-16(10-19(14)24)26-22(30)12-23(31)27-25-13-15-3-2-4-18(9-15)36-21-8-7-17(28(32)33)11-20(21)29(34)35/h2-11,13H,12H2,1H3,(H,26,30)(H,27,31). The Hall–Kier alpha value is -4.84. The van der Waals surface area contributed by atoms with Gasteiger partial charge in [0.05, 0.1) is 22.1 Å². The molecule has 3 aromatic rings. The molecule has 0 unspecified atom stereocenters. The van der Waals surface area contributed by atoms with Gasteiger partial charge in [-0.25, -0.2) is 5.43 Å². The number of benzene rings is 3. The summed E-state index contributed by atoms with van der Waals surface area (Å²) in [7, 11) is 0. The number of nitrogens with zero attached hydrogens (tertiary/aromatic N) is 3. The highest BCUT2D eigenvalue weighted by atomic mass is 35.5. The fraction of sp³-hybridized carbons (Fsp3) is 0.0870. The summed E-state index contributed by atoms with van der Waals surface area (Å²) in [6.45, 7) is 1.82. The normalized spacial score (nSPS) is 10.6. The number of rotatable bonds is 9. The highest BCUT2D eigenvalue weighted by molar-refractivity contribution is 6.31. The monoisotopic (exact) mass is 511 g/mol. The molecule has 0 bridgehead atoms. The molecule has 0 aliphatic heterocycles. The van der Waals surface area contributed by atoms with Crippen LogP contribution in [0.1, 0.15) is 17.5 Å². The molecule has 3 aromatic carbocycles. The summed E-state index contributed by atoms with van der Waals surface area (Å²) in [5.41, 5.74) is 2.99. The van der Waals surface area contributed by atoms with E-state index in [9.17, 15) is 29.8 Å². The van der Waals surface area contributed by atoms with E-state index in [0.717, 1.165) is 23.8 Å². The van der Waals surface area contributed by atoms with E-state index in [1.807, 2.05) is 6.92 Å². The van der Waals surface area contributed by atoms with Crippen molar-refractivity contribution in [3.05, 3.63) is 97.0 Å². The third kappa shape index (κ3) is 7.08. The van der Waals surface area contributed by atoms with Crippen LogP contribution >= 0.6 is 11.6 Å². The van der Waals surface area contributed by atoms with E-state index in [1.54, 1.807) is 30.3 Å². The summed E-state index contributed by atoms with van der Waals surface area (Å²) < 4.78 is 5.52. The van der Waals surface area contributed by atoms with Gasteiger partial charge < -0.3 is 10.1 Å². The lowest BCUT2D eigenvalue weighted by Gasteiger charge is -2.07. The van der Waals surface area contributed by atoms with Gasteiger partial charge in [0.2, 0.25) is 17.6 Å². The zero-order chi connectivity index (χ0) is 26.2. The van der Waals surface area contributed by atoms with Gasteiger partial charge in [-0.1, -0.05) is 29.8 Å². The first-order chi connectivity index (χ1) is 17.1. The minimum atomic E-state index is -0.785. The van der Waals surface area contributed by atoms with E-state index < -0.39 is 39.5 Å². The van der Waals surface area contributed by atoms with Crippen LogP contribution in [0.3, 0.4) is 0 Å². The van der Waals surface area contributed by atoms with Gasteiger partial charge >= 0.3 is 5.69 Å². The molecule has 0 saturated carbocycles. The maximum atomic E-state index is 12.0. The van der Waals surface area contributed by atoms with E-state index in [-0.39, 0.29) is 11.5 Å². The molecule has 0 aliphatic rings. The predicted molar refractivity (Wildman–Crippen MR) is 131 cm³/mol. The van der Waals surface area contributed by atoms with Gasteiger partial charge in [0, 0.05) is 16.8 Å². The molecule has 12 nitrogen and oxygen atoms in total. The Kier molecular flexibility index (Phi) is 8.26. The third-order valence-electron chi connectivity index (χ3n) is 4.62. The minimum Gasteiger partial charge on any atom is -0.450 e. The van der Waals surface area contributed by atoms with Crippen molar-refractivity contribution in [2.45, 2.75) is 13.3 Å². The van der Waals surface area contributed by atoms with Crippen molar-refractivity contribution in [2.24, 2.45) is 5.10 Å². The molecule has 2 amide bonds. The van der Waals surface area contributed by atoms with Crippen molar-refractivity contribution in [1.82, 2.24) is 5.43 Å². The number of hydrazone groups is 1. The molecule has 0 aliphatic carbocycles. The van der Waals surface area contributed by atoms with Gasteiger partial charge in [-0.3, -0.25) is 29.8 Å². The first-order valence-electron chi connectivity index (χ1n) is 10.2. The molecule has 184 valence electrons. The molecule has 2 N–H and O–H groups in total. The number of hydrogen-bond acceptors (Lipinski definition) is 8. The maximum Gasteiger partial charge on any atom is 0.318 e. The van der Waals surface area contributed by atoms with Crippen LogP contribution in [0.15, 0.2) is 65.8 Å². The number of carbonyl (C=O) groups excluding carboxylic acids is 2. The number of amides is 2. The Balaban J connectivity index is 1.59. The lowest BCUT2D eigenvalue weighted by Crippen LogP contribution is -2.24. The van der Waals surface area contributed by atoms with Crippen molar-refractivity contribution < 1.29 is 24.2 Å². The molecule has 0 heterocycles. The number of nitro benzene ring substituents is 2. The lowest BCUT2D eigenvalue weighted by molar-refractivity contribution is -0.394. The fourth-order valence-electron chi connectivity index (χ4n) is 2.87. The molecule has 36 heavy (non-hydrogen) atoms. The van der Waals surface area contributed by atoms with E-state index in [1.165, 1.54) is 18.3 Å². The van der Waals surface area contributed by atoms with E-state index in [2.05, 4.69) is 15.8 Å². The quantitative estimate of drug-likeness (QED) is 0.181. The fourth-order valence-corrected chi connectivity index (χ4v) is 3.05. The molecule has 0 saturated heterocycles. The lowest BCUT2D eigenvalue weighted by atomic mass is 10.2. The molecule has 0 aromatic heterocycles. The smallest absolute Gasteiger partial charge is 0.318 e. The van der Waals surface area contributed by atoms with Crippen LogP contribution < -0.4 is 15.5 Å². The van der Waals surface area contributed by atoms with Crippen LogP contribution in [0.4, 0.5) is 17.1 Å². The number of hydrogen-bond donors (Lipinski definition) is 2. The van der Waals surface area contributed by atoms with Crippen LogP contribution in [-0.4, -0.2) is 27.9 Å². The molecular formula is C23H18ClN5O7. The number of anilines is 1. The minimum absolute atomic E-state index is 0.186. The average molecular weight is 512 g/mol. The van der Waals surface area contributed by atoms with Crippen molar-refractivity contribution in [1.29, 1.82) is 0 Å².